The molecule has 1 heterocycles. The predicted molar refractivity (Wildman–Crippen MR) is 119 cm³/mol. The summed E-state index contributed by atoms with van der Waals surface area (Å²) in [6, 6.07) is 0.892. The first-order valence-corrected chi connectivity index (χ1v) is 12.0. The molecule has 7 heteroatoms. The molecule has 0 radical (unpaired) electrons. The summed E-state index contributed by atoms with van der Waals surface area (Å²) in [4.78, 5) is 4.77. The van der Waals surface area contributed by atoms with Gasteiger partial charge in [-0.05, 0) is 56.8 Å². The van der Waals surface area contributed by atoms with Gasteiger partial charge in [-0.15, -0.1) is 24.0 Å². The molecule has 2 N–H and O–H groups in total. The lowest BCUT2D eigenvalue weighted by atomic mass is 9.79. The first-order chi connectivity index (χ1) is 11.9. The average Bonchev–Trinajstić information content (AvgIpc) is 3.17. The summed E-state index contributed by atoms with van der Waals surface area (Å²) < 4.78 is 23.3. The largest absolute Gasteiger partial charge is 0.354 e. The number of aliphatic imine (C=N–C) groups is 1. The minimum atomic E-state index is -2.82. The second kappa shape index (κ2) is 9.94. The molecule has 0 aromatic heterocycles. The SMILES string of the molecule is CCC(C)NC(=NCC1CCS(=O)(=O)C1)NC1CCC2CCCC2C1.I. The van der Waals surface area contributed by atoms with Gasteiger partial charge in [0.1, 0.15) is 0 Å². The summed E-state index contributed by atoms with van der Waals surface area (Å²) in [6.07, 6.45) is 9.89. The Morgan fingerprint density at radius 3 is 2.62 bits per heavy atom. The van der Waals surface area contributed by atoms with Crippen LogP contribution in [0.2, 0.25) is 0 Å². The smallest absolute Gasteiger partial charge is 0.191 e. The summed E-state index contributed by atoms with van der Waals surface area (Å²) >= 11 is 0. The number of rotatable bonds is 5. The van der Waals surface area contributed by atoms with Crippen LogP contribution in [0.25, 0.3) is 0 Å². The Hall–Kier alpha value is -0.0500. The number of fused-ring (bicyclic) bond motifs is 1. The van der Waals surface area contributed by atoms with Gasteiger partial charge in [0.05, 0.1) is 11.5 Å². The van der Waals surface area contributed by atoms with Gasteiger partial charge in [-0.2, -0.15) is 0 Å². The van der Waals surface area contributed by atoms with Gasteiger partial charge in [-0.1, -0.05) is 26.2 Å². The van der Waals surface area contributed by atoms with E-state index in [-0.39, 0.29) is 29.9 Å². The molecule has 3 rings (SSSR count). The highest BCUT2D eigenvalue weighted by molar-refractivity contribution is 14.0. The Kier molecular flexibility index (Phi) is 8.50. The maximum Gasteiger partial charge on any atom is 0.191 e. The van der Waals surface area contributed by atoms with Crippen LogP contribution in [0.3, 0.4) is 0 Å². The van der Waals surface area contributed by atoms with E-state index in [4.69, 9.17) is 4.99 Å². The van der Waals surface area contributed by atoms with Crippen molar-refractivity contribution in [3.05, 3.63) is 0 Å². The number of sulfone groups is 1. The normalized spacial score (nSPS) is 34.6. The van der Waals surface area contributed by atoms with E-state index in [9.17, 15) is 8.42 Å². The molecule has 5 unspecified atom stereocenters. The molecule has 0 aromatic carbocycles. The van der Waals surface area contributed by atoms with Gasteiger partial charge in [0.15, 0.2) is 15.8 Å². The Morgan fingerprint density at radius 2 is 1.92 bits per heavy atom. The number of nitrogens with zero attached hydrogens (tertiary/aromatic N) is 1. The van der Waals surface area contributed by atoms with Crippen molar-refractivity contribution < 1.29 is 8.42 Å². The second-order valence-corrected chi connectivity index (χ2v) is 10.7. The van der Waals surface area contributed by atoms with E-state index < -0.39 is 9.84 Å². The fourth-order valence-corrected chi connectivity index (χ4v) is 6.58. The van der Waals surface area contributed by atoms with Gasteiger partial charge in [-0.25, -0.2) is 8.42 Å². The third-order valence-corrected chi connectivity index (χ3v) is 8.30. The van der Waals surface area contributed by atoms with Gasteiger partial charge in [-0.3, -0.25) is 4.99 Å². The summed E-state index contributed by atoms with van der Waals surface area (Å²) in [5.41, 5.74) is 0. The van der Waals surface area contributed by atoms with Gasteiger partial charge in [0.25, 0.3) is 0 Å². The maximum atomic E-state index is 11.7. The van der Waals surface area contributed by atoms with E-state index in [2.05, 4.69) is 24.5 Å². The molecular formula is C19H36IN3O2S. The molecule has 1 saturated heterocycles. The molecule has 3 aliphatic rings. The van der Waals surface area contributed by atoms with Gasteiger partial charge in [0, 0.05) is 18.6 Å². The van der Waals surface area contributed by atoms with Crippen LogP contribution in [0.5, 0.6) is 0 Å². The molecule has 0 bridgehead atoms. The van der Waals surface area contributed by atoms with E-state index in [0.29, 0.717) is 30.1 Å². The van der Waals surface area contributed by atoms with Crippen molar-refractivity contribution in [1.82, 2.24) is 10.6 Å². The lowest BCUT2D eigenvalue weighted by Crippen LogP contribution is -2.48. The van der Waals surface area contributed by atoms with Crippen LogP contribution in [0, 0.1) is 17.8 Å². The number of halogens is 1. The van der Waals surface area contributed by atoms with E-state index in [1.807, 2.05) is 0 Å². The molecule has 26 heavy (non-hydrogen) atoms. The van der Waals surface area contributed by atoms with Crippen molar-refractivity contribution in [3.8, 4) is 0 Å². The van der Waals surface area contributed by atoms with Crippen LogP contribution in [-0.2, 0) is 9.84 Å². The van der Waals surface area contributed by atoms with Crippen LogP contribution >= 0.6 is 24.0 Å². The Balaban J connectivity index is 0.00000243. The van der Waals surface area contributed by atoms with E-state index in [1.54, 1.807) is 0 Å². The zero-order chi connectivity index (χ0) is 17.9. The van der Waals surface area contributed by atoms with Gasteiger partial charge in [0.2, 0.25) is 0 Å². The maximum absolute atomic E-state index is 11.7. The predicted octanol–water partition coefficient (Wildman–Crippen LogP) is 3.34. The van der Waals surface area contributed by atoms with Crippen molar-refractivity contribution in [3.63, 3.8) is 0 Å². The van der Waals surface area contributed by atoms with Crippen LogP contribution in [0.15, 0.2) is 4.99 Å². The van der Waals surface area contributed by atoms with Crippen LogP contribution in [0.4, 0.5) is 0 Å². The fourth-order valence-electron chi connectivity index (χ4n) is 4.73. The Labute approximate surface area is 176 Å². The fraction of sp³-hybridized carbons (Fsp3) is 0.947. The minimum absolute atomic E-state index is 0. The second-order valence-electron chi connectivity index (χ2n) is 8.52. The summed E-state index contributed by atoms with van der Waals surface area (Å²) in [5, 5.41) is 7.18. The van der Waals surface area contributed by atoms with Crippen molar-refractivity contribution in [2.75, 3.05) is 18.1 Å². The lowest BCUT2D eigenvalue weighted by molar-refractivity contribution is 0.239. The first kappa shape index (κ1) is 22.2. The molecule has 3 fully saturated rings. The molecule has 5 atom stereocenters. The van der Waals surface area contributed by atoms with E-state index in [0.717, 1.165) is 30.6 Å². The van der Waals surface area contributed by atoms with Crippen molar-refractivity contribution in [2.24, 2.45) is 22.7 Å². The van der Waals surface area contributed by atoms with E-state index >= 15 is 0 Å². The number of nitrogens with one attached hydrogen (secondary N) is 2. The summed E-state index contributed by atoms with van der Waals surface area (Å²) in [7, 11) is -2.82. The number of hydrogen-bond donors (Lipinski definition) is 2. The molecule has 5 nitrogen and oxygen atoms in total. The summed E-state index contributed by atoms with van der Waals surface area (Å²) in [5.74, 6) is 3.58. The van der Waals surface area contributed by atoms with Crippen LogP contribution in [0.1, 0.15) is 65.2 Å². The molecule has 0 aromatic rings. The first-order valence-electron chi connectivity index (χ1n) is 10.2. The lowest BCUT2D eigenvalue weighted by Gasteiger charge is -2.33. The third kappa shape index (κ3) is 6.24. The summed E-state index contributed by atoms with van der Waals surface area (Å²) in [6.45, 7) is 4.96. The van der Waals surface area contributed by atoms with Crippen molar-refractivity contribution in [1.29, 1.82) is 0 Å². The van der Waals surface area contributed by atoms with Crippen LogP contribution in [-0.4, -0.2) is 44.5 Å². The molecule has 1 aliphatic heterocycles. The van der Waals surface area contributed by atoms with E-state index in [1.165, 1.54) is 38.5 Å². The average molecular weight is 497 g/mol. The topological polar surface area (TPSA) is 70.6 Å². The zero-order valence-corrected chi connectivity index (χ0v) is 19.4. The monoisotopic (exact) mass is 497 g/mol. The molecule has 2 saturated carbocycles. The molecule has 0 amide bonds. The number of guanidine groups is 1. The van der Waals surface area contributed by atoms with Crippen LogP contribution < -0.4 is 10.6 Å². The highest BCUT2D eigenvalue weighted by atomic mass is 127. The zero-order valence-electron chi connectivity index (χ0n) is 16.2. The Bertz CT molecular complexity index is 581. The van der Waals surface area contributed by atoms with Crippen molar-refractivity contribution >= 4 is 39.8 Å². The highest BCUT2D eigenvalue weighted by Gasteiger charge is 2.34. The quantitative estimate of drug-likeness (QED) is 0.347. The Morgan fingerprint density at radius 1 is 1.15 bits per heavy atom. The molecular weight excluding hydrogens is 461 g/mol. The van der Waals surface area contributed by atoms with Crippen molar-refractivity contribution in [2.45, 2.75) is 77.3 Å². The molecule has 2 aliphatic carbocycles. The van der Waals surface area contributed by atoms with Gasteiger partial charge >= 0.3 is 0 Å². The van der Waals surface area contributed by atoms with Gasteiger partial charge < -0.3 is 10.6 Å². The molecule has 0 spiro atoms. The minimum Gasteiger partial charge on any atom is -0.354 e. The molecule has 152 valence electrons. The third-order valence-electron chi connectivity index (χ3n) is 6.46. The highest BCUT2D eigenvalue weighted by Crippen LogP contribution is 2.42. The number of hydrogen-bond acceptors (Lipinski definition) is 3. The standard InChI is InChI=1S/C19H35N3O2S.HI/c1-3-14(2)21-19(20-12-15-9-10-25(23,24)13-15)22-18-8-7-16-5-4-6-17(16)11-18;/h14-18H,3-13H2,1-2H3,(H2,20,21,22);1H.